The van der Waals surface area contributed by atoms with Crippen molar-refractivity contribution in [2.45, 2.75) is 46.6 Å². The molecule has 0 aromatic heterocycles. The van der Waals surface area contributed by atoms with E-state index in [0.717, 1.165) is 13.1 Å². The molecule has 1 aliphatic rings. The van der Waals surface area contributed by atoms with Crippen LogP contribution in [0.25, 0.3) is 0 Å². The topological polar surface area (TPSA) is 50.4 Å². The predicted molar refractivity (Wildman–Crippen MR) is 73.3 cm³/mol. The van der Waals surface area contributed by atoms with Gasteiger partial charge in [-0.05, 0) is 33.7 Å². The molecule has 2 N–H and O–H groups in total. The first kappa shape index (κ1) is 18.3. The number of amides is 1. The van der Waals surface area contributed by atoms with Gasteiger partial charge in [0.2, 0.25) is 0 Å². The Hall–Kier alpha value is -1.03. The average Bonchev–Trinajstić information content (AvgIpc) is 2.32. The lowest BCUT2D eigenvalue weighted by atomic mass is 10.2. The third-order valence-corrected chi connectivity index (χ3v) is 1.52. The minimum atomic E-state index is -0.389. The minimum absolute atomic E-state index is 0.387. The van der Waals surface area contributed by atoms with Gasteiger partial charge in [-0.3, -0.25) is 0 Å². The smallest absolute Gasteiger partial charge is 0.407 e. The van der Waals surface area contributed by atoms with Crippen molar-refractivity contribution in [1.82, 2.24) is 10.6 Å². The lowest BCUT2D eigenvalue weighted by molar-refractivity contribution is 0.0541. The summed E-state index contributed by atoms with van der Waals surface area (Å²) >= 11 is 0. The van der Waals surface area contributed by atoms with Crippen molar-refractivity contribution in [3.8, 4) is 0 Å². The second kappa shape index (κ2) is 11.5. The molecule has 1 heterocycles. The molecule has 0 aliphatic carbocycles. The molecule has 0 atom stereocenters. The fraction of sp³-hybridized carbons (Fsp3) is 0.769. The van der Waals surface area contributed by atoms with Crippen LogP contribution >= 0.6 is 0 Å². The number of ether oxygens (including phenoxy) is 1. The van der Waals surface area contributed by atoms with Crippen LogP contribution in [0.3, 0.4) is 0 Å². The van der Waals surface area contributed by atoms with E-state index in [4.69, 9.17) is 4.74 Å². The standard InChI is InChI=1S/C6H13NO2.C5H9N.C2H6/c1-6(2,3)9-5(8)7-4;1-2-4-6-5-3-1;1-2/h1-4H3,(H,7,8);1-2,6H,3-5H2;1-2H3. The fourth-order valence-corrected chi connectivity index (χ4v) is 0.901. The third kappa shape index (κ3) is 17.6. The largest absolute Gasteiger partial charge is 0.444 e. The molecule has 0 unspecified atom stereocenters. The van der Waals surface area contributed by atoms with Gasteiger partial charge < -0.3 is 15.4 Å². The van der Waals surface area contributed by atoms with Crippen LogP contribution in [-0.4, -0.2) is 31.8 Å². The van der Waals surface area contributed by atoms with Gasteiger partial charge in [0.1, 0.15) is 5.60 Å². The van der Waals surface area contributed by atoms with E-state index in [0.29, 0.717) is 0 Å². The Kier molecular flexibility index (Phi) is 12.4. The van der Waals surface area contributed by atoms with Gasteiger partial charge in [0.05, 0.1) is 0 Å². The molecule has 0 bridgehead atoms. The van der Waals surface area contributed by atoms with Crippen LogP contribution in [0.15, 0.2) is 12.2 Å². The SMILES string of the molecule is C1=CCNCC1.CC.CNC(=O)OC(C)(C)C. The Morgan fingerprint density at radius 3 is 2.00 bits per heavy atom. The maximum absolute atomic E-state index is 10.5. The molecule has 1 rings (SSSR count). The zero-order chi connectivity index (χ0) is 13.7. The Bertz CT molecular complexity index is 200. The van der Waals surface area contributed by atoms with Gasteiger partial charge in [-0.2, -0.15) is 0 Å². The van der Waals surface area contributed by atoms with Gasteiger partial charge in [-0.25, -0.2) is 4.79 Å². The molecule has 0 aromatic carbocycles. The summed E-state index contributed by atoms with van der Waals surface area (Å²) in [5.41, 5.74) is -0.389. The second-order valence-electron chi connectivity index (χ2n) is 4.22. The van der Waals surface area contributed by atoms with Crippen molar-refractivity contribution in [2.24, 2.45) is 0 Å². The Morgan fingerprint density at radius 1 is 1.29 bits per heavy atom. The molecule has 102 valence electrons. The van der Waals surface area contributed by atoms with Gasteiger partial charge in [-0.1, -0.05) is 26.0 Å². The van der Waals surface area contributed by atoms with Crippen LogP contribution in [-0.2, 0) is 4.74 Å². The predicted octanol–water partition coefficient (Wildman–Crippen LogP) is 2.70. The Labute approximate surface area is 106 Å². The number of carbonyl (C=O) groups is 1. The highest BCUT2D eigenvalue weighted by Gasteiger charge is 2.13. The summed E-state index contributed by atoms with van der Waals surface area (Å²) in [7, 11) is 1.54. The lowest BCUT2D eigenvalue weighted by Crippen LogP contribution is -2.30. The summed E-state index contributed by atoms with van der Waals surface area (Å²) in [6.45, 7) is 11.7. The van der Waals surface area contributed by atoms with E-state index in [9.17, 15) is 4.79 Å². The lowest BCUT2D eigenvalue weighted by Gasteiger charge is -2.18. The minimum Gasteiger partial charge on any atom is -0.444 e. The van der Waals surface area contributed by atoms with E-state index < -0.39 is 0 Å². The van der Waals surface area contributed by atoms with E-state index in [1.165, 1.54) is 13.5 Å². The second-order valence-corrected chi connectivity index (χ2v) is 4.22. The van der Waals surface area contributed by atoms with Crippen molar-refractivity contribution in [1.29, 1.82) is 0 Å². The summed E-state index contributed by atoms with van der Waals surface area (Å²) in [6, 6.07) is 0. The molecule has 0 radical (unpaired) electrons. The van der Waals surface area contributed by atoms with Gasteiger partial charge in [0.15, 0.2) is 0 Å². The first-order chi connectivity index (χ1) is 7.95. The Balaban J connectivity index is 0. The monoisotopic (exact) mass is 244 g/mol. The summed E-state index contributed by atoms with van der Waals surface area (Å²) in [5.74, 6) is 0. The van der Waals surface area contributed by atoms with Crippen LogP contribution < -0.4 is 10.6 Å². The van der Waals surface area contributed by atoms with E-state index in [1.54, 1.807) is 0 Å². The van der Waals surface area contributed by atoms with E-state index in [1.807, 2.05) is 34.6 Å². The highest BCUT2D eigenvalue weighted by Crippen LogP contribution is 2.05. The van der Waals surface area contributed by atoms with Crippen LogP contribution in [0.4, 0.5) is 4.79 Å². The summed E-state index contributed by atoms with van der Waals surface area (Å²) in [5, 5.41) is 5.56. The van der Waals surface area contributed by atoms with Crippen LogP contribution in [0.2, 0.25) is 0 Å². The summed E-state index contributed by atoms with van der Waals surface area (Å²) in [6.07, 6.45) is 5.18. The zero-order valence-electron chi connectivity index (χ0n) is 12.1. The maximum atomic E-state index is 10.5. The first-order valence-corrected chi connectivity index (χ1v) is 6.22. The quantitative estimate of drug-likeness (QED) is 0.644. The summed E-state index contributed by atoms with van der Waals surface area (Å²) < 4.78 is 4.84. The molecular weight excluding hydrogens is 216 g/mol. The van der Waals surface area contributed by atoms with Gasteiger partial charge in [-0.15, -0.1) is 0 Å². The molecule has 0 fully saturated rings. The van der Waals surface area contributed by atoms with Crippen LogP contribution in [0, 0.1) is 0 Å². The zero-order valence-corrected chi connectivity index (χ0v) is 12.1. The van der Waals surface area contributed by atoms with Gasteiger partial charge in [0, 0.05) is 13.6 Å². The average molecular weight is 244 g/mol. The van der Waals surface area contributed by atoms with Crippen LogP contribution in [0.5, 0.6) is 0 Å². The number of carbonyl (C=O) groups excluding carboxylic acids is 1. The van der Waals surface area contributed by atoms with Crippen molar-refractivity contribution < 1.29 is 9.53 Å². The third-order valence-electron chi connectivity index (χ3n) is 1.52. The molecule has 0 saturated carbocycles. The molecule has 0 saturated heterocycles. The van der Waals surface area contributed by atoms with E-state index in [-0.39, 0.29) is 11.7 Å². The van der Waals surface area contributed by atoms with E-state index >= 15 is 0 Å². The number of hydrogen-bond donors (Lipinski definition) is 2. The molecule has 0 spiro atoms. The molecule has 4 heteroatoms. The molecule has 4 nitrogen and oxygen atoms in total. The van der Waals surface area contributed by atoms with Crippen molar-refractivity contribution in [3.63, 3.8) is 0 Å². The number of nitrogens with one attached hydrogen (secondary N) is 2. The number of rotatable bonds is 0. The highest BCUT2D eigenvalue weighted by molar-refractivity contribution is 5.67. The first-order valence-electron chi connectivity index (χ1n) is 6.22. The fourth-order valence-electron chi connectivity index (χ4n) is 0.901. The highest BCUT2D eigenvalue weighted by atomic mass is 16.6. The number of hydrogen-bond acceptors (Lipinski definition) is 3. The molecule has 0 aromatic rings. The molecular formula is C13H28N2O2. The van der Waals surface area contributed by atoms with Crippen molar-refractivity contribution in [2.75, 3.05) is 20.1 Å². The maximum Gasteiger partial charge on any atom is 0.407 e. The summed E-state index contributed by atoms with van der Waals surface area (Å²) in [4.78, 5) is 10.5. The van der Waals surface area contributed by atoms with Crippen molar-refractivity contribution in [3.05, 3.63) is 12.2 Å². The Morgan fingerprint density at radius 2 is 1.88 bits per heavy atom. The molecule has 17 heavy (non-hydrogen) atoms. The number of alkyl carbamates (subject to hydrolysis) is 1. The molecule has 1 aliphatic heterocycles. The van der Waals surface area contributed by atoms with Crippen molar-refractivity contribution >= 4 is 6.09 Å². The van der Waals surface area contributed by atoms with E-state index in [2.05, 4.69) is 22.8 Å². The van der Waals surface area contributed by atoms with Gasteiger partial charge in [0.25, 0.3) is 0 Å². The normalized spacial score (nSPS) is 13.5. The molecule has 1 amide bonds. The van der Waals surface area contributed by atoms with Crippen LogP contribution in [0.1, 0.15) is 41.0 Å². The van der Waals surface area contributed by atoms with Gasteiger partial charge >= 0.3 is 6.09 Å².